The average Bonchev–Trinajstić information content (AvgIpc) is 2.43. The van der Waals surface area contributed by atoms with Crippen molar-refractivity contribution in [2.45, 2.75) is 26.8 Å². The normalized spacial score (nSPS) is 10.2. The number of hydrogen-bond donors (Lipinski definition) is 1. The number of ether oxygens (including phenoxy) is 1. The van der Waals surface area contributed by atoms with E-state index in [1.165, 1.54) is 6.33 Å². The summed E-state index contributed by atoms with van der Waals surface area (Å²) < 4.78 is 5.51. The number of aromatic nitrogens is 4. The van der Waals surface area contributed by atoms with Crippen LogP contribution in [0.15, 0.2) is 24.7 Å². The molecule has 0 aliphatic carbocycles. The van der Waals surface area contributed by atoms with E-state index in [9.17, 15) is 0 Å². The molecular weight excluding hydrogens is 242 g/mol. The summed E-state index contributed by atoms with van der Waals surface area (Å²) in [7, 11) is 0. The van der Waals surface area contributed by atoms with E-state index in [0.29, 0.717) is 25.0 Å². The largest absolute Gasteiger partial charge is 0.478 e. The van der Waals surface area contributed by atoms with Crippen LogP contribution in [-0.2, 0) is 6.54 Å². The van der Waals surface area contributed by atoms with Crippen LogP contribution in [0, 0.1) is 6.92 Å². The Kier molecular flexibility index (Phi) is 4.60. The Hall–Kier alpha value is -2.24. The predicted octanol–water partition coefficient (Wildman–Crippen LogP) is 1.98. The molecule has 2 aromatic rings. The number of aryl methyl sites for hydroxylation is 1. The summed E-state index contributed by atoms with van der Waals surface area (Å²) in [6.45, 7) is 5.18. The molecule has 0 aliphatic rings. The average molecular weight is 259 g/mol. The van der Waals surface area contributed by atoms with Crippen LogP contribution in [0.3, 0.4) is 0 Å². The van der Waals surface area contributed by atoms with Gasteiger partial charge in [0.25, 0.3) is 0 Å². The SMILES string of the molecule is CCCOc1cc(C)nc(NCc2ccncn2)n1. The molecule has 0 unspecified atom stereocenters. The predicted molar refractivity (Wildman–Crippen MR) is 71.9 cm³/mol. The first kappa shape index (κ1) is 13.2. The maximum atomic E-state index is 5.51. The van der Waals surface area contributed by atoms with E-state index in [4.69, 9.17) is 4.74 Å². The van der Waals surface area contributed by atoms with Crippen LogP contribution in [0.4, 0.5) is 5.95 Å². The van der Waals surface area contributed by atoms with E-state index in [-0.39, 0.29) is 0 Å². The Morgan fingerprint density at radius 3 is 2.95 bits per heavy atom. The van der Waals surface area contributed by atoms with Crippen LogP contribution < -0.4 is 10.1 Å². The fraction of sp³-hybridized carbons (Fsp3) is 0.385. The molecule has 0 amide bonds. The van der Waals surface area contributed by atoms with E-state index in [1.54, 1.807) is 6.20 Å². The Morgan fingerprint density at radius 1 is 1.32 bits per heavy atom. The fourth-order valence-corrected chi connectivity index (χ4v) is 1.49. The lowest BCUT2D eigenvalue weighted by atomic mass is 10.4. The lowest BCUT2D eigenvalue weighted by Gasteiger charge is -2.08. The second kappa shape index (κ2) is 6.63. The second-order valence-corrected chi connectivity index (χ2v) is 4.07. The van der Waals surface area contributed by atoms with Crippen molar-refractivity contribution in [3.8, 4) is 5.88 Å². The first-order valence-corrected chi connectivity index (χ1v) is 6.25. The molecule has 0 atom stereocenters. The smallest absolute Gasteiger partial charge is 0.226 e. The number of hydrogen-bond acceptors (Lipinski definition) is 6. The highest BCUT2D eigenvalue weighted by Gasteiger charge is 2.03. The van der Waals surface area contributed by atoms with Crippen molar-refractivity contribution in [3.63, 3.8) is 0 Å². The van der Waals surface area contributed by atoms with Crippen LogP contribution in [0.1, 0.15) is 24.7 Å². The summed E-state index contributed by atoms with van der Waals surface area (Å²) in [6.07, 6.45) is 4.17. The van der Waals surface area contributed by atoms with Gasteiger partial charge in [0.05, 0.1) is 18.8 Å². The Labute approximate surface area is 112 Å². The van der Waals surface area contributed by atoms with Crippen molar-refractivity contribution in [2.24, 2.45) is 0 Å². The molecule has 0 fully saturated rings. The summed E-state index contributed by atoms with van der Waals surface area (Å²) in [6, 6.07) is 3.67. The lowest BCUT2D eigenvalue weighted by Crippen LogP contribution is -2.07. The molecule has 0 saturated heterocycles. The highest BCUT2D eigenvalue weighted by molar-refractivity contribution is 5.31. The number of nitrogens with zero attached hydrogens (tertiary/aromatic N) is 4. The Morgan fingerprint density at radius 2 is 2.21 bits per heavy atom. The summed E-state index contributed by atoms with van der Waals surface area (Å²) in [5.41, 5.74) is 1.75. The van der Waals surface area contributed by atoms with Crippen molar-refractivity contribution < 1.29 is 4.74 Å². The van der Waals surface area contributed by atoms with Gasteiger partial charge in [0.15, 0.2) is 0 Å². The Bertz CT molecular complexity index is 518. The van der Waals surface area contributed by atoms with Crippen molar-refractivity contribution in [2.75, 3.05) is 11.9 Å². The zero-order chi connectivity index (χ0) is 13.5. The third-order valence-corrected chi connectivity index (χ3v) is 2.36. The second-order valence-electron chi connectivity index (χ2n) is 4.07. The minimum atomic E-state index is 0.546. The molecule has 2 aromatic heterocycles. The van der Waals surface area contributed by atoms with Gasteiger partial charge in [0.2, 0.25) is 11.8 Å². The first-order chi connectivity index (χ1) is 9.28. The molecular formula is C13H17N5O. The minimum absolute atomic E-state index is 0.546. The van der Waals surface area contributed by atoms with Crippen LogP contribution in [0.25, 0.3) is 0 Å². The fourth-order valence-electron chi connectivity index (χ4n) is 1.49. The highest BCUT2D eigenvalue weighted by atomic mass is 16.5. The third-order valence-electron chi connectivity index (χ3n) is 2.36. The molecule has 1 N–H and O–H groups in total. The van der Waals surface area contributed by atoms with Gasteiger partial charge >= 0.3 is 0 Å². The quantitative estimate of drug-likeness (QED) is 0.855. The van der Waals surface area contributed by atoms with Gasteiger partial charge in [0, 0.05) is 18.0 Å². The molecule has 2 rings (SSSR count). The van der Waals surface area contributed by atoms with Crippen LogP contribution in [-0.4, -0.2) is 26.5 Å². The topological polar surface area (TPSA) is 72.8 Å². The van der Waals surface area contributed by atoms with Gasteiger partial charge in [-0.2, -0.15) is 4.98 Å². The van der Waals surface area contributed by atoms with Gasteiger partial charge in [-0.15, -0.1) is 0 Å². The number of anilines is 1. The lowest BCUT2D eigenvalue weighted by molar-refractivity contribution is 0.305. The van der Waals surface area contributed by atoms with Crippen LogP contribution in [0.5, 0.6) is 5.88 Å². The van der Waals surface area contributed by atoms with Gasteiger partial charge in [-0.05, 0) is 19.4 Å². The van der Waals surface area contributed by atoms with E-state index in [2.05, 4.69) is 32.2 Å². The zero-order valence-corrected chi connectivity index (χ0v) is 11.1. The van der Waals surface area contributed by atoms with Gasteiger partial charge in [-0.25, -0.2) is 15.0 Å². The van der Waals surface area contributed by atoms with Gasteiger partial charge < -0.3 is 10.1 Å². The molecule has 6 nitrogen and oxygen atoms in total. The molecule has 0 aromatic carbocycles. The van der Waals surface area contributed by atoms with Crippen molar-refractivity contribution in [1.82, 2.24) is 19.9 Å². The van der Waals surface area contributed by atoms with Crippen LogP contribution in [0.2, 0.25) is 0 Å². The molecule has 19 heavy (non-hydrogen) atoms. The number of nitrogens with one attached hydrogen (secondary N) is 1. The number of rotatable bonds is 6. The first-order valence-electron chi connectivity index (χ1n) is 6.25. The summed E-state index contributed by atoms with van der Waals surface area (Å²) >= 11 is 0. The van der Waals surface area contributed by atoms with Gasteiger partial charge in [-0.3, -0.25) is 0 Å². The van der Waals surface area contributed by atoms with E-state index in [0.717, 1.165) is 17.8 Å². The molecule has 100 valence electrons. The van der Waals surface area contributed by atoms with E-state index in [1.807, 2.05) is 19.1 Å². The monoisotopic (exact) mass is 259 g/mol. The van der Waals surface area contributed by atoms with Crippen molar-refractivity contribution >= 4 is 5.95 Å². The molecule has 0 bridgehead atoms. The summed E-state index contributed by atoms with van der Waals surface area (Å²) in [5, 5.41) is 3.13. The highest BCUT2D eigenvalue weighted by Crippen LogP contribution is 2.12. The maximum Gasteiger partial charge on any atom is 0.226 e. The minimum Gasteiger partial charge on any atom is -0.478 e. The summed E-state index contributed by atoms with van der Waals surface area (Å²) in [5.74, 6) is 1.14. The van der Waals surface area contributed by atoms with Crippen molar-refractivity contribution in [3.05, 3.63) is 36.0 Å². The van der Waals surface area contributed by atoms with Crippen molar-refractivity contribution in [1.29, 1.82) is 0 Å². The van der Waals surface area contributed by atoms with E-state index < -0.39 is 0 Å². The third kappa shape index (κ3) is 4.17. The zero-order valence-electron chi connectivity index (χ0n) is 11.1. The molecule has 0 spiro atoms. The molecule has 0 radical (unpaired) electrons. The van der Waals surface area contributed by atoms with E-state index >= 15 is 0 Å². The summed E-state index contributed by atoms with van der Waals surface area (Å²) in [4.78, 5) is 16.6. The van der Waals surface area contributed by atoms with Gasteiger partial charge in [-0.1, -0.05) is 6.92 Å². The molecule has 0 saturated carbocycles. The Balaban J connectivity index is 2.01. The molecule has 6 heteroatoms. The molecule has 2 heterocycles. The standard InChI is InChI=1S/C13H17N5O/c1-3-6-19-12-7-10(2)17-13(18-12)15-8-11-4-5-14-9-16-11/h4-5,7,9H,3,6,8H2,1-2H3,(H,15,17,18). The maximum absolute atomic E-state index is 5.51. The van der Waals surface area contributed by atoms with Gasteiger partial charge in [0.1, 0.15) is 6.33 Å². The van der Waals surface area contributed by atoms with Crippen LogP contribution >= 0.6 is 0 Å². The molecule has 0 aliphatic heterocycles.